The molecule has 0 aliphatic rings. The number of nitrogens with one attached hydrogen (secondary N) is 2. The molecule has 1 amide bonds. The Morgan fingerprint density at radius 1 is 1.23 bits per heavy atom. The van der Waals surface area contributed by atoms with Gasteiger partial charge in [0.05, 0.1) is 13.0 Å². The van der Waals surface area contributed by atoms with Gasteiger partial charge in [-0.05, 0) is 31.0 Å². The van der Waals surface area contributed by atoms with E-state index in [2.05, 4.69) is 15.6 Å². The summed E-state index contributed by atoms with van der Waals surface area (Å²) in [7, 11) is 0. The van der Waals surface area contributed by atoms with Crippen molar-refractivity contribution >= 4 is 35.8 Å². The Kier molecular flexibility index (Phi) is 11.8. The number of carbonyl (C=O) groups is 1. The van der Waals surface area contributed by atoms with E-state index in [1.165, 1.54) is 0 Å². The molecule has 0 aliphatic heterocycles. The number of hydrogen-bond acceptors (Lipinski definition) is 3. The van der Waals surface area contributed by atoms with E-state index in [-0.39, 0.29) is 37.1 Å². The second kappa shape index (κ2) is 12.6. The van der Waals surface area contributed by atoms with Gasteiger partial charge in [0.1, 0.15) is 5.75 Å². The summed E-state index contributed by atoms with van der Waals surface area (Å²) in [6.07, 6.45) is -4.50. The van der Waals surface area contributed by atoms with Crippen LogP contribution in [0.3, 0.4) is 0 Å². The molecule has 0 fully saturated rings. The van der Waals surface area contributed by atoms with Crippen LogP contribution in [0, 0.1) is 0 Å². The van der Waals surface area contributed by atoms with Crippen molar-refractivity contribution in [2.24, 2.45) is 10.7 Å². The lowest BCUT2D eigenvalue weighted by Crippen LogP contribution is -2.38. The van der Waals surface area contributed by atoms with E-state index in [0.717, 1.165) is 5.56 Å². The Hall–Kier alpha value is -1.72. The van der Waals surface area contributed by atoms with Gasteiger partial charge in [-0.25, -0.2) is 0 Å². The molecule has 10 heteroatoms. The first-order valence-electron chi connectivity index (χ1n) is 7.89. The monoisotopic (exact) mass is 488 g/mol. The van der Waals surface area contributed by atoms with Crippen molar-refractivity contribution in [3.05, 3.63) is 29.8 Å². The van der Waals surface area contributed by atoms with E-state index in [0.29, 0.717) is 31.2 Å². The van der Waals surface area contributed by atoms with E-state index in [4.69, 9.17) is 10.5 Å². The zero-order valence-electron chi connectivity index (χ0n) is 14.4. The zero-order valence-corrected chi connectivity index (χ0v) is 16.8. The van der Waals surface area contributed by atoms with Crippen LogP contribution in [0.25, 0.3) is 0 Å². The SMILES string of the molecule is CCNC(=NCCC(F)(F)F)NCCc1ccc(OCC(N)=O)cc1.I. The Morgan fingerprint density at radius 2 is 1.88 bits per heavy atom. The predicted octanol–water partition coefficient (Wildman–Crippen LogP) is 2.22. The second-order valence-corrected chi connectivity index (χ2v) is 5.20. The molecule has 0 heterocycles. The van der Waals surface area contributed by atoms with E-state index in [1.807, 2.05) is 19.1 Å². The third-order valence-electron chi connectivity index (χ3n) is 3.02. The maximum absolute atomic E-state index is 12.2. The molecular weight excluding hydrogens is 464 g/mol. The topological polar surface area (TPSA) is 88.7 Å². The van der Waals surface area contributed by atoms with Gasteiger partial charge < -0.3 is 21.1 Å². The van der Waals surface area contributed by atoms with Gasteiger partial charge in [0.25, 0.3) is 5.91 Å². The van der Waals surface area contributed by atoms with Crippen molar-refractivity contribution in [3.63, 3.8) is 0 Å². The maximum atomic E-state index is 12.2. The Morgan fingerprint density at radius 3 is 2.42 bits per heavy atom. The summed E-state index contributed by atoms with van der Waals surface area (Å²) in [5, 5.41) is 5.89. The first-order chi connectivity index (χ1) is 11.8. The molecule has 26 heavy (non-hydrogen) atoms. The number of nitrogens with two attached hydrogens (primary N) is 1. The third kappa shape index (κ3) is 11.8. The van der Waals surface area contributed by atoms with Crippen molar-refractivity contribution in [1.82, 2.24) is 10.6 Å². The van der Waals surface area contributed by atoms with Gasteiger partial charge >= 0.3 is 6.18 Å². The molecule has 4 N–H and O–H groups in total. The van der Waals surface area contributed by atoms with Crippen LogP contribution in [0.1, 0.15) is 18.9 Å². The van der Waals surface area contributed by atoms with Crippen LogP contribution in [0.2, 0.25) is 0 Å². The molecule has 1 aromatic rings. The van der Waals surface area contributed by atoms with E-state index in [1.54, 1.807) is 12.1 Å². The molecule has 0 atom stereocenters. The smallest absolute Gasteiger partial charge is 0.390 e. The number of amides is 1. The van der Waals surface area contributed by atoms with Crippen molar-refractivity contribution in [3.8, 4) is 5.75 Å². The van der Waals surface area contributed by atoms with Crippen molar-refractivity contribution in [2.75, 3.05) is 26.2 Å². The highest BCUT2D eigenvalue weighted by Gasteiger charge is 2.26. The highest BCUT2D eigenvalue weighted by atomic mass is 127. The summed E-state index contributed by atoms with van der Waals surface area (Å²) in [6.45, 7) is 2.42. The molecule has 0 aromatic heterocycles. The fraction of sp³-hybridized carbons (Fsp3) is 0.500. The van der Waals surface area contributed by atoms with Gasteiger partial charge in [-0.2, -0.15) is 13.2 Å². The average molecular weight is 488 g/mol. The molecule has 1 aromatic carbocycles. The number of nitrogens with zero attached hydrogens (tertiary/aromatic N) is 1. The zero-order chi connectivity index (χ0) is 18.7. The molecule has 0 spiro atoms. The summed E-state index contributed by atoms with van der Waals surface area (Å²) >= 11 is 0. The molecule has 1 rings (SSSR count). The highest BCUT2D eigenvalue weighted by molar-refractivity contribution is 14.0. The van der Waals surface area contributed by atoms with E-state index < -0.39 is 18.5 Å². The molecule has 0 aliphatic carbocycles. The quantitative estimate of drug-likeness (QED) is 0.283. The number of guanidine groups is 1. The van der Waals surface area contributed by atoms with Gasteiger partial charge in [0.2, 0.25) is 0 Å². The van der Waals surface area contributed by atoms with Crippen LogP contribution >= 0.6 is 24.0 Å². The van der Waals surface area contributed by atoms with Gasteiger partial charge in [0.15, 0.2) is 12.6 Å². The van der Waals surface area contributed by atoms with Crippen LogP contribution in [0.4, 0.5) is 13.2 Å². The number of alkyl halides is 3. The van der Waals surface area contributed by atoms with Crippen molar-refractivity contribution < 1.29 is 22.7 Å². The van der Waals surface area contributed by atoms with Crippen LogP contribution in [-0.4, -0.2) is 44.3 Å². The molecule has 6 nitrogen and oxygen atoms in total. The summed E-state index contributed by atoms with van der Waals surface area (Å²) in [4.78, 5) is 14.5. The molecule has 0 saturated heterocycles. The number of carbonyl (C=O) groups excluding carboxylic acids is 1. The van der Waals surface area contributed by atoms with E-state index in [9.17, 15) is 18.0 Å². The molecule has 0 radical (unpaired) electrons. The van der Waals surface area contributed by atoms with Gasteiger partial charge in [-0.1, -0.05) is 12.1 Å². The Labute approximate surface area is 167 Å². The van der Waals surface area contributed by atoms with Crippen molar-refractivity contribution in [2.45, 2.75) is 25.9 Å². The number of aliphatic imine (C=N–C) groups is 1. The molecule has 0 saturated carbocycles. The first kappa shape index (κ1) is 24.3. The lowest BCUT2D eigenvalue weighted by Gasteiger charge is -2.12. The number of halogens is 4. The van der Waals surface area contributed by atoms with Gasteiger partial charge in [0, 0.05) is 13.1 Å². The van der Waals surface area contributed by atoms with E-state index >= 15 is 0 Å². The minimum atomic E-state index is -4.21. The minimum Gasteiger partial charge on any atom is -0.484 e. The highest BCUT2D eigenvalue weighted by Crippen LogP contribution is 2.18. The number of ether oxygens (including phenoxy) is 1. The lowest BCUT2D eigenvalue weighted by molar-refractivity contribution is -0.132. The largest absolute Gasteiger partial charge is 0.484 e. The predicted molar refractivity (Wildman–Crippen MR) is 105 cm³/mol. The van der Waals surface area contributed by atoms with Gasteiger partial charge in [-0.3, -0.25) is 9.79 Å². The summed E-state index contributed by atoms with van der Waals surface area (Å²) in [5.41, 5.74) is 6.00. The fourth-order valence-electron chi connectivity index (χ4n) is 1.87. The summed E-state index contributed by atoms with van der Waals surface area (Å²) in [5.74, 6) is 0.347. The maximum Gasteiger partial charge on any atom is 0.390 e. The molecule has 148 valence electrons. The number of hydrogen-bond donors (Lipinski definition) is 3. The first-order valence-corrected chi connectivity index (χ1v) is 7.89. The fourth-order valence-corrected chi connectivity index (χ4v) is 1.87. The lowest BCUT2D eigenvalue weighted by atomic mass is 10.1. The molecule has 0 bridgehead atoms. The molecule has 0 unspecified atom stereocenters. The Balaban J connectivity index is 0.00000625. The average Bonchev–Trinajstić information content (AvgIpc) is 2.53. The van der Waals surface area contributed by atoms with Gasteiger partial charge in [-0.15, -0.1) is 24.0 Å². The Bertz CT molecular complexity index is 566. The normalized spacial score (nSPS) is 11.5. The minimum absolute atomic E-state index is 0. The van der Waals surface area contributed by atoms with Crippen LogP contribution in [0.15, 0.2) is 29.3 Å². The second-order valence-electron chi connectivity index (χ2n) is 5.20. The van der Waals surface area contributed by atoms with Crippen LogP contribution in [0.5, 0.6) is 5.75 Å². The standard InChI is InChI=1S/C16H23F3N4O2.HI/c1-2-21-15(23-10-8-16(17,18)19)22-9-7-12-3-5-13(6-4-12)25-11-14(20)24;/h3-6H,2,7-11H2,1H3,(H2,20,24)(H2,21,22,23);1H. The van der Waals surface area contributed by atoms with Crippen molar-refractivity contribution in [1.29, 1.82) is 0 Å². The summed E-state index contributed by atoms with van der Waals surface area (Å²) in [6, 6.07) is 7.12. The summed E-state index contributed by atoms with van der Waals surface area (Å²) < 4.78 is 41.6. The number of rotatable bonds is 9. The van der Waals surface area contributed by atoms with Crippen LogP contribution < -0.4 is 21.1 Å². The number of benzene rings is 1. The van der Waals surface area contributed by atoms with Crippen LogP contribution in [-0.2, 0) is 11.2 Å². The third-order valence-corrected chi connectivity index (χ3v) is 3.02. The molecular formula is C16H24F3IN4O2. The number of primary amides is 1.